The monoisotopic (exact) mass is 261 g/mol. The van der Waals surface area contributed by atoms with Crippen molar-refractivity contribution < 1.29 is 4.79 Å². The van der Waals surface area contributed by atoms with Gasteiger partial charge in [0.15, 0.2) is 0 Å². The Morgan fingerprint density at radius 3 is 2.74 bits per heavy atom. The lowest BCUT2D eigenvalue weighted by Gasteiger charge is -2.25. The van der Waals surface area contributed by atoms with Gasteiger partial charge in [0, 0.05) is 26.2 Å². The van der Waals surface area contributed by atoms with Crippen molar-refractivity contribution in [3.63, 3.8) is 0 Å². The Morgan fingerprint density at radius 2 is 2.11 bits per heavy atom. The van der Waals surface area contributed by atoms with Crippen molar-refractivity contribution in [2.75, 3.05) is 32.7 Å². The number of nitrogens with two attached hydrogens (primary N) is 1. The number of nitrogens with zero attached hydrogens (tertiary/aromatic N) is 1. The minimum absolute atomic E-state index is 0.141. The Morgan fingerprint density at radius 1 is 1.32 bits per heavy atom. The first-order valence-corrected chi connectivity index (χ1v) is 7.04. The molecule has 1 heterocycles. The summed E-state index contributed by atoms with van der Waals surface area (Å²) in [6, 6.07) is 10.3. The van der Waals surface area contributed by atoms with Crippen LogP contribution in [-0.2, 0) is 11.2 Å². The lowest BCUT2D eigenvalue weighted by molar-refractivity contribution is -0.134. The van der Waals surface area contributed by atoms with E-state index in [4.69, 9.17) is 5.73 Å². The molecule has 2 rings (SSSR count). The number of carbonyl (C=O) groups excluding carboxylic acids is 1. The maximum absolute atomic E-state index is 12.4. The average Bonchev–Trinajstić information content (AvgIpc) is 2.98. The van der Waals surface area contributed by atoms with Gasteiger partial charge in [-0.1, -0.05) is 30.3 Å². The van der Waals surface area contributed by atoms with Crippen LogP contribution in [0.15, 0.2) is 30.3 Å². The molecule has 0 bridgehead atoms. The number of nitrogens with one attached hydrogen (secondary N) is 1. The van der Waals surface area contributed by atoms with Crippen LogP contribution in [0.1, 0.15) is 12.0 Å². The number of benzene rings is 1. The van der Waals surface area contributed by atoms with Gasteiger partial charge in [0.1, 0.15) is 0 Å². The summed E-state index contributed by atoms with van der Waals surface area (Å²) in [6.07, 6.45) is 1.85. The highest BCUT2D eigenvalue weighted by molar-refractivity contribution is 5.79. The molecule has 19 heavy (non-hydrogen) atoms. The van der Waals surface area contributed by atoms with Crippen LogP contribution in [0.2, 0.25) is 0 Å². The molecule has 3 N–H and O–H groups in total. The van der Waals surface area contributed by atoms with Crippen molar-refractivity contribution in [2.45, 2.75) is 12.8 Å². The van der Waals surface area contributed by atoms with E-state index in [2.05, 4.69) is 17.4 Å². The van der Waals surface area contributed by atoms with Gasteiger partial charge in [-0.25, -0.2) is 0 Å². The molecule has 1 atom stereocenters. The fourth-order valence-corrected chi connectivity index (χ4v) is 2.52. The topological polar surface area (TPSA) is 58.4 Å². The molecule has 1 aliphatic rings. The van der Waals surface area contributed by atoms with Crippen molar-refractivity contribution in [3.8, 4) is 0 Å². The third kappa shape index (κ3) is 4.04. The van der Waals surface area contributed by atoms with E-state index in [0.29, 0.717) is 13.1 Å². The first kappa shape index (κ1) is 14.0. The van der Waals surface area contributed by atoms with Crippen molar-refractivity contribution in [1.29, 1.82) is 0 Å². The number of hydrogen-bond acceptors (Lipinski definition) is 3. The van der Waals surface area contributed by atoms with Crippen molar-refractivity contribution >= 4 is 5.91 Å². The summed E-state index contributed by atoms with van der Waals surface area (Å²) >= 11 is 0. The van der Waals surface area contributed by atoms with Gasteiger partial charge < -0.3 is 16.0 Å². The molecule has 0 aliphatic carbocycles. The fraction of sp³-hybridized carbons (Fsp3) is 0.533. The Balaban J connectivity index is 1.90. The molecule has 0 saturated carbocycles. The Hall–Kier alpha value is -1.39. The van der Waals surface area contributed by atoms with E-state index in [1.54, 1.807) is 0 Å². The summed E-state index contributed by atoms with van der Waals surface area (Å²) in [4.78, 5) is 14.3. The van der Waals surface area contributed by atoms with E-state index in [-0.39, 0.29) is 11.8 Å². The summed E-state index contributed by atoms with van der Waals surface area (Å²) in [5.74, 6) is 0.397. The molecular formula is C15H23N3O. The van der Waals surface area contributed by atoms with Gasteiger partial charge in [0.2, 0.25) is 5.91 Å². The summed E-state index contributed by atoms with van der Waals surface area (Å²) < 4.78 is 0. The molecule has 4 heteroatoms. The van der Waals surface area contributed by atoms with Gasteiger partial charge in [-0.3, -0.25) is 4.79 Å². The second-order valence-electron chi connectivity index (χ2n) is 5.04. The van der Waals surface area contributed by atoms with Gasteiger partial charge in [-0.15, -0.1) is 0 Å². The van der Waals surface area contributed by atoms with Crippen molar-refractivity contribution in [1.82, 2.24) is 10.2 Å². The highest BCUT2D eigenvalue weighted by atomic mass is 16.2. The zero-order chi connectivity index (χ0) is 13.5. The predicted octanol–water partition coefficient (Wildman–Crippen LogP) is 0.626. The second kappa shape index (κ2) is 7.26. The molecule has 0 aromatic heterocycles. The predicted molar refractivity (Wildman–Crippen MR) is 76.8 cm³/mol. The van der Waals surface area contributed by atoms with Gasteiger partial charge in [0.25, 0.3) is 0 Å². The minimum Gasteiger partial charge on any atom is -0.341 e. The molecular weight excluding hydrogens is 238 g/mol. The van der Waals surface area contributed by atoms with Crippen LogP contribution in [0.5, 0.6) is 0 Å². The van der Waals surface area contributed by atoms with Crippen molar-refractivity contribution in [3.05, 3.63) is 35.9 Å². The highest BCUT2D eigenvalue weighted by Gasteiger charge is 2.26. The molecule has 1 aromatic carbocycles. The second-order valence-corrected chi connectivity index (χ2v) is 5.04. The SMILES string of the molecule is NCCN(CCc1ccccc1)C(=O)[C@H]1CCNC1. The van der Waals surface area contributed by atoms with Crippen LogP contribution in [0.4, 0.5) is 0 Å². The van der Waals surface area contributed by atoms with Crippen LogP contribution in [-0.4, -0.2) is 43.5 Å². The third-order valence-corrected chi connectivity index (χ3v) is 3.63. The summed E-state index contributed by atoms with van der Waals surface area (Å²) in [5.41, 5.74) is 6.89. The maximum Gasteiger partial charge on any atom is 0.227 e. The van der Waals surface area contributed by atoms with Gasteiger partial charge in [-0.2, -0.15) is 0 Å². The van der Waals surface area contributed by atoms with E-state index in [0.717, 1.165) is 32.5 Å². The van der Waals surface area contributed by atoms with Crippen LogP contribution in [0, 0.1) is 5.92 Å². The van der Waals surface area contributed by atoms with E-state index >= 15 is 0 Å². The molecule has 1 aliphatic heterocycles. The van der Waals surface area contributed by atoms with Crippen LogP contribution < -0.4 is 11.1 Å². The summed E-state index contributed by atoms with van der Waals surface area (Å²) in [7, 11) is 0. The molecule has 1 saturated heterocycles. The molecule has 0 radical (unpaired) electrons. The summed E-state index contributed by atoms with van der Waals surface area (Å²) in [6.45, 7) is 3.70. The van der Waals surface area contributed by atoms with E-state index in [1.165, 1.54) is 5.56 Å². The molecule has 0 unspecified atom stereocenters. The maximum atomic E-state index is 12.4. The van der Waals surface area contributed by atoms with Crippen molar-refractivity contribution in [2.24, 2.45) is 11.7 Å². The molecule has 0 spiro atoms. The third-order valence-electron chi connectivity index (χ3n) is 3.63. The first-order valence-electron chi connectivity index (χ1n) is 7.04. The van der Waals surface area contributed by atoms with Crippen LogP contribution in [0.25, 0.3) is 0 Å². The first-order chi connectivity index (χ1) is 9.31. The normalized spacial score (nSPS) is 18.5. The van der Waals surface area contributed by atoms with Crippen LogP contribution in [0.3, 0.4) is 0 Å². The lowest BCUT2D eigenvalue weighted by Crippen LogP contribution is -2.41. The van der Waals surface area contributed by atoms with Gasteiger partial charge in [-0.05, 0) is 24.9 Å². The van der Waals surface area contributed by atoms with E-state index < -0.39 is 0 Å². The molecule has 104 valence electrons. The number of carbonyl (C=O) groups is 1. The molecule has 4 nitrogen and oxygen atoms in total. The average molecular weight is 261 g/mol. The summed E-state index contributed by atoms with van der Waals surface area (Å²) in [5, 5.41) is 3.25. The smallest absolute Gasteiger partial charge is 0.227 e. The molecule has 1 fully saturated rings. The van der Waals surface area contributed by atoms with Crippen LogP contribution >= 0.6 is 0 Å². The quantitative estimate of drug-likeness (QED) is 0.789. The van der Waals surface area contributed by atoms with Gasteiger partial charge >= 0.3 is 0 Å². The van der Waals surface area contributed by atoms with Gasteiger partial charge in [0.05, 0.1) is 5.92 Å². The lowest BCUT2D eigenvalue weighted by atomic mass is 10.1. The van der Waals surface area contributed by atoms with E-state index in [9.17, 15) is 4.79 Å². The fourth-order valence-electron chi connectivity index (χ4n) is 2.52. The molecule has 1 aromatic rings. The zero-order valence-corrected chi connectivity index (χ0v) is 11.3. The number of hydrogen-bond donors (Lipinski definition) is 2. The minimum atomic E-state index is 0.141. The largest absolute Gasteiger partial charge is 0.341 e. The van der Waals surface area contributed by atoms with E-state index in [1.807, 2.05) is 23.1 Å². The zero-order valence-electron chi connectivity index (χ0n) is 11.3. The highest BCUT2D eigenvalue weighted by Crippen LogP contribution is 2.12. The Kier molecular flexibility index (Phi) is 5.36. The number of amides is 1. The Labute approximate surface area is 115 Å². The molecule has 1 amide bonds. The Bertz CT molecular complexity index is 388. The number of rotatable bonds is 6. The standard InChI is InChI=1S/C15H23N3O/c16-8-11-18(15(19)14-6-9-17-12-14)10-7-13-4-2-1-3-5-13/h1-5,14,17H,6-12,16H2/t14-/m0/s1.